The normalized spacial score (nSPS) is 43.9. The second-order valence-corrected chi connectivity index (χ2v) is 12.9. The van der Waals surface area contributed by atoms with E-state index in [2.05, 4.69) is 49.3 Å². The van der Waals surface area contributed by atoms with Crippen LogP contribution in [0.25, 0.3) is 10.9 Å². The molecule has 39 heavy (non-hydrogen) atoms. The molecule has 1 amide bonds. The Balaban J connectivity index is 1.34. The summed E-state index contributed by atoms with van der Waals surface area (Å²) in [5.41, 5.74) is 1.08. The summed E-state index contributed by atoms with van der Waals surface area (Å²) in [5, 5.41) is 15.0. The standard InChI is InChI=1S/C32H36N2O5/c1-15-8-7-10-21-29-31(4,39-29)17(3)26-23(12-18-14-33-22-11-6-5-9-19(18)22)34-30(38)32(21,26)24(35)13-20-25(15)16(2)27(36)28(20)37/h5-7,9-11,14-15,17,20-21,23,25-26,29,33,36H,8,12-13H2,1-4H3,(H,34,38)/b10-7+/t15-,17-,20+,21-,23-,25-,26-,29?,31+,32+/m0/s1. The summed E-state index contributed by atoms with van der Waals surface area (Å²) in [6, 6.07) is 7.86. The van der Waals surface area contributed by atoms with Crippen molar-refractivity contribution in [1.82, 2.24) is 10.3 Å². The Morgan fingerprint density at radius 1 is 1.15 bits per heavy atom. The van der Waals surface area contributed by atoms with E-state index in [4.69, 9.17) is 4.74 Å². The number of carbonyl (C=O) groups excluding carboxylic acids is 3. The van der Waals surface area contributed by atoms with Crippen molar-refractivity contribution in [2.45, 2.75) is 64.7 Å². The molecule has 3 N–H and O–H groups in total. The summed E-state index contributed by atoms with van der Waals surface area (Å²) in [4.78, 5) is 45.5. The number of ether oxygens (including phenoxy) is 1. The molecule has 5 aliphatic rings. The molecule has 2 aromatic rings. The molecule has 2 saturated heterocycles. The van der Waals surface area contributed by atoms with Gasteiger partial charge in [-0.15, -0.1) is 0 Å². The zero-order chi connectivity index (χ0) is 27.4. The van der Waals surface area contributed by atoms with Crippen molar-refractivity contribution in [3.05, 3.63) is 59.5 Å². The average Bonchev–Trinajstić information content (AvgIpc) is 3.21. The number of aliphatic hydroxyl groups excluding tert-OH is 1. The van der Waals surface area contributed by atoms with Gasteiger partial charge in [-0.25, -0.2) is 0 Å². The third-order valence-electron chi connectivity index (χ3n) is 11.2. The van der Waals surface area contributed by atoms with Crippen LogP contribution in [0.3, 0.4) is 0 Å². The van der Waals surface area contributed by atoms with E-state index < -0.39 is 22.9 Å². The van der Waals surface area contributed by atoms with Gasteiger partial charge in [0.05, 0.1) is 11.7 Å². The van der Waals surface area contributed by atoms with Crippen LogP contribution in [-0.2, 0) is 25.5 Å². The number of fused-ring (bicyclic) bond motifs is 4. The highest BCUT2D eigenvalue weighted by atomic mass is 16.6. The number of rotatable bonds is 2. The van der Waals surface area contributed by atoms with Crippen LogP contribution in [0.5, 0.6) is 0 Å². The second kappa shape index (κ2) is 8.17. The van der Waals surface area contributed by atoms with Crippen molar-refractivity contribution >= 4 is 28.4 Å². The monoisotopic (exact) mass is 528 g/mol. The molecule has 1 spiro atoms. The van der Waals surface area contributed by atoms with E-state index in [1.54, 1.807) is 6.92 Å². The lowest BCUT2D eigenvalue weighted by Crippen LogP contribution is -2.58. The maximum atomic E-state index is 14.7. The van der Waals surface area contributed by atoms with Gasteiger partial charge in [0.15, 0.2) is 5.76 Å². The second-order valence-electron chi connectivity index (χ2n) is 12.9. The summed E-state index contributed by atoms with van der Waals surface area (Å²) in [6.07, 6.45) is 7.17. The van der Waals surface area contributed by atoms with Gasteiger partial charge in [0, 0.05) is 47.3 Å². The quantitative estimate of drug-likeness (QED) is 0.303. The van der Waals surface area contributed by atoms with Gasteiger partial charge in [0.2, 0.25) is 11.7 Å². The van der Waals surface area contributed by atoms with E-state index in [1.807, 2.05) is 24.4 Å². The summed E-state index contributed by atoms with van der Waals surface area (Å²) in [6.45, 7) is 8.09. The molecule has 1 saturated carbocycles. The van der Waals surface area contributed by atoms with Crippen molar-refractivity contribution in [1.29, 1.82) is 0 Å². The minimum atomic E-state index is -1.31. The maximum Gasteiger partial charge on any atom is 0.235 e. The van der Waals surface area contributed by atoms with Crippen LogP contribution in [0.15, 0.2) is 53.9 Å². The molecule has 204 valence electrons. The first-order valence-corrected chi connectivity index (χ1v) is 14.3. The molecule has 7 heteroatoms. The van der Waals surface area contributed by atoms with E-state index in [1.165, 1.54) is 0 Å². The van der Waals surface area contributed by atoms with Crippen molar-refractivity contribution in [3.63, 3.8) is 0 Å². The number of allylic oxidation sites excluding steroid dienone is 3. The predicted octanol–water partition coefficient (Wildman–Crippen LogP) is 4.44. The fourth-order valence-corrected chi connectivity index (χ4v) is 9.05. The van der Waals surface area contributed by atoms with Gasteiger partial charge in [-0.1, -0.05) is 44.2 Å². The van der Waals surface area contributed by atoms with Crippen LogP contribution >= 0.6 is 0 Å². The minimum Gasteiger partial charge on any atom is -0.504 e. The minimum absolute atomic E-state index is 0.0422. The molecule has 0 bridgehead atoms. The van der Waals surface area contributed by atoms with E-state index >= 15 is 0 Å². The lowest BCUT2D eigenvalue weighted by Gasteiger charge is -2.46. The average molecular weight is 529 g/mol. The Kier molecular flexibility index (Phi) is 5.20. The van der Waals surface area contributed by atoms with Crippen molar-refractivity contribution in [3.8, 4) is 0 Å². The van der Waals surface area contributed by atoms with Crippen LogP contribution in [0.1, 0.15) is 46.1 Å². The lowest BCUT2D eigenvalue weighted by molar-refractivity contribution is -0.150. The van der Waals surface area contributed by atoms with Crippen LogP contribution in [0.4, 0.5) is 0 Å². The number of nitrogens with one attached hydrogen (secondary N) is 2. The van der Waals surface area contributed by atoms with Gasteiger partial charge in [-0.05, 0) is 61.6 Å². The molecular formula is C32H36N2O5. The van der Waals surface area contributed by atoms with E-state index in [9.17, 15) is 19.5 Å². The van der Waals surface area contributed by atoms with Crippen molar-refractivity contribution in [2.24, 2.45) is 40.9 Å². The highest BCUT2D eigenvalue weighted by Crippen LogP contribution is 2.66. The number of H-pyrrole nitrogens is 1. The van der Waals surface area contributed by atoms with E-state index in [0.717, 1.165) is 16.5 Å². The van der Waals surface area contributed by atoms with Gasteiger partial charge < -0.3 is 20.1 Å². The predicted molar refractivity (Wildman–Crippen MR) is 146 cm³/mol. The van der Waals surface area contributed by atoms with Crippen LogP contribution < -0.4 is 5.32 Å². The SMILES string of the molecule is CC1=C(O)C(=O)[C@@H]2CC(=O)[C@@]34C(=O)N[C@@H](Cc5c[nH]c6ccccc56)[C@@H]3[C@H](C)[C@@]3(C)OC3[C@@H]4/C=C/C[C@H](C)[C@@H]12. The molecule has 1 aromatic carbocycles. The first kappa shape index (κ1) is 24.8. The number of epoxide rings is 1. The molecule has 3 fully saturated rings. The Morgan fingerprint density at radius 2 is 1.92 bits per heavy atom. The number of aliphatic hydroxyl groups is 1. The maximum absolute atomic E-state index is 14.7. The Labute approximate surface area is 228 Å². The summed E-state index contributed by atoms with van der Waals surface area (Å²) < 4.78 is 6.36. The molecule has 1 unspecified atom stereocenters. The molecule has 10 atom stereocenters. The number of hydrogen-bond acceptors (Lipinski definition) is 5. The first-order chi connectivity index (χ1) is 18.6. The van der Waals surface area contributed by atoms with Gasteiger partial charge in [-0.3, -0.25) is 14.4 Å². The number of aromatic amines is 1. The number of aromatic nitrogens is 1. The largest absolute Gasteiger partial charge is 0.504 e. The van der Waals surface area contributed by atoms with Gasteiger partial charge in [-0.2, -0.15) is 0 Å². The topological polar surface area (TPSA) is 112 Å². The molecule has 1 aromatic heterocycles. The number of benzene rings is 1. The van der Waals surface area contributed by atoms with E-state index in [0.29, 0.717) is 18.4 Å². The number of carbonyl (C=O) groups is 3. The molecule has 0 radical (unpaired) electrons. The van der Waals surface area contributed by atoms with Crippen LogP contribution in [0.2, 0.25) is 0 Å². The van der Waals surface area contributed by atoms with Crippen LogP contribution in [0, 0.1) is 40.9 Å². The van der Waals surface area contributed by atoms with E-state index in [-0.39, 0.29) is 65.5 Å². The van der Waals surface area contributed by atoms with Gasteiger partial charge in [0.25, 0.3) is 0 Å². The Bertz CT molecular complexity index is 1490. The Hall–Kier alpha value is -3.19. The van der Waals surface area contributed by atoms with Crippen molar-refractivity contribution in [2.75, 3.05) is 0 Å². The molecule has 3 aliphatic carbocycles. The lowest BCUT2D eigenvalue weighted by atomic mass is 9.50. The molecule has 3 heterocycles. The highest BCUT2D eigenvalue weighted by molar-refractivity contribution is 6.11. The molecular weight excluding hydrogens is 492 g/mol. The molecule has 7 nitrogen and oxygen atoms in total. The summed E-state index contributed by atoms with van der Waals surface area (Å²) >= 11 is 0. The summed E-state index contributed by atoms with van der Waals surface area (Å²) in [5.74, 6) is -2.51. The molecule has 7 rings (SSSR count). The van der Waals surface area contributed by atoms with Crippen molar-refractivity contribution < 1.29 is 24.2 Å². The third-order valence-corrected chi connectivity index (χ3v) is 11.2. The zero-order valence-electron chi connectivity index (χ0n) is 22.9. The number of Topliss-reactive ketones (excluding diaryl/α,β-unsaturated/α-hetero) is 2. The Morgan fingerprint density at radius 3 is 2.72 bits per heavy atom. The fraction of sp³-hybridized carbons (Fsp3) is 0.531. The number of hydrogen-bond donors (Lipinski definition) is 3. The third kappa shape index (κ3) is 3.11. The number of ketones is 2. The zero-order valence-corrected chi connectivity index (χ0v) is 22.9. The highest BCUT2D eigenvalue weighted by Gasteiger charge is 2.78. The fourth-order valence-electron chi connectivity index (χ4n) is 9.05. The molecule has 2 aliphatic heterocycles. The number of para-hydroxylation sites is 1. The van der Waals surface area contributed by atoms with Gasteiger partial charge >= 0.3 is 0 Å². The number of amides is 1. The smallest absolute Gasteiger partial charge is 0.235 e. The summed E-state index contributed by atoms with van der Waals surface area (Å²) in [7, 11) is 0. The van der Waals surface area contributed by atoms with Crippen LogP contribution in [-0.4, -0.2) is 45.3 Å². The first-order valence-electron chi connectivity index (χ1n) is 14.3. The van der Waals surface area contributed by atoms with Gasteiger partial charge in [0.1, 0.15) is 11.2 Å².